The molecule has 96 valence electrons. The van der Waals surface area contributed by atoms with E-state index in [1.54, 1.807) is 0 Å². The summed E-state index contributed by atoms with van der Waals surface area (Å²) in [5.41, 5.74) is 0. The van der Waals surface area contributed by atoms with E-state index >= 15 is 0 Å². The Morgan fingerprint density at radius 2 is 1.31 bits per heavy atom. The SMILES string of the molecule is C=CC[Se]CCCCCCCCCCCC. The van der Waals surface area contributed by atoms with Crippen LogP contribution >= 0.6 is 0 Å². The number of hydrogen-bond donors (Lipinski definition) is 0. The van der Waals surface area contributed by atoms with Crippen LogP contribution in [0.15, 0.2) is 12.7 Å². The quantitative estimate of drug-likeness (QED) is 0.234. The van der Waals surface area contributed by atoms with E-state index < -0.39 is 0 Å². The van der Waals surface area contributed by atoms with E-state index in [1.165, 1.54) is 74.8 Å². The first-order valence-corrected chi connectivity index (χ1v) is 9.52. The van der Waals surface area contributed by atoms with Crippen LogP contribution in [0.4, 0.5) is 0 Å². The summed E-state index contributed by atoms with van der Waals surface area (Å²) in [4.78, 5) is 0. The van der Waals surface area contributed by atoms with Gasteiger partial charge in [0.2, 0.25) is 0 Å². The van der Waals surface area contributed by atoms with Gasteiger partial charge in [0.1, 0.15) is 0 Å². The van der Waals surface area contributed by atoms with E-state index in [1.807, 2.05) is 0 Å². The normalized spacial score (nSPS) is 10.6. The van der Waals surface area contributed by atoms with Crippen molar-refractivity contribution >= 4 is 15.0 Å². The van der Waals surface area contributed by atoms with Crippen molar-refractivity contribution in [1.82, 2.24) is 0 Å². The molecule has 0 saturated heterocycles. The Kier molecular flexibility index (Phi) is 15.5. The van der Waals surface area contributed by atoms with Crippen LogP contribution in [0, 0.1) is 0 Å². The van der Waals surface area contributed by atoms with Crippen LogP contribution in [0.2, 0.25) is 10.6 Å². The third-order valence-corrected chi connectivity index (χ3v) is 5.08. The van der Waals surface area contributed by atoms with Crippen LogP contribution < -0.4 is 0 Å². The molecule has 0 aliphatic carbocycles. The minimum atomic E-state index is 0.849. The van der Waals surface area contributed by atoms with Crippen molar-refractivity contribution in [2.24, 2.45) is 0 Å². The van der Waals surface area contributed by atoms with Crippen molar-refractivity contribution in [3.05, 3.63) is 12.7 Å². The molecule has 0 N–H and O–H groups in total. The minimum absolute atomic E-state index is 0.849. The zero-order valence-electron chi connectivity index (χ0n) is 11.2. The summed E-state index contributed by atoms with van der Waals surface area (Å²) < 4.78 is 0. The molecule has 0 atom stereocenters. The van der Waals surface area contributed by atoms with Crippen LogP contribution in [-0.2, 0) is 0 Å². The third kappa shape index (κ3) is 14.3. The maximum atomic E-state index is 3.77. The summed E-state index contributed by atoms with van der Waals surface area (Å²) in [6.07, 6.45) is 16.6. The van der Waals surface area contributed by atoms with Crippen LogP contribution in [0.3, 0.4) is 0 Å². The van der Waals surface area contributed by atoms with Crippen molar-refractivity contribution in [3.8, 4) is 0 Å². The zero-order valence-corrected chi connectivity index (χ0v) is 12.9. The van der Waals surface area contributed by atoms with E-state index in [0.29, 0.717) is 0 Å². The molecular formula is C15H30Se. The van der Waals surface area contributed by atoms with Gasteiger partial charge in [0.15, 0.2) is 0 Å². The van der Waals surface area contributed by atoms with Crippen molar-refractivity contribution in [2.75, 3.05) is 0 Å². The summed E-state index contributed by atoms with van der Waals surface area (Å²) >= 11 is 0.849. The first kappa shape index (κ1) is 16.3. The number of unbranched alkanes of at least 4 members (excludes halogenated alkanes) is 9. The van der Waals surface area contributed by atoms with Crippen LogP contribution in [0.25, 0.3) is 0 Å². The van der Waals surface area contributed by atoms with Gasteiger partial charge in [-0.15, -0.1) is 0 Å². The summed E-state index contributed by atoms with van der Waals surface area (Å²) in [7, 11) is 0. The average molecular weight is 289 g/mol. The molecule has 0 aliphatic heterocycles. The van der Waals surface area contributed by atoms with Gasteiger partial charge >= 0.3 is 109 Å². The van der Waals surface area contributed by atoms with Crippen LogP contribution in [-0.4, -0.2) is 15.0 Å². The van der Waals surface area contributed by atoms with E-state index in [-0.39, 0.29) is 0 Å². The Balaban J connectivity index is 2.85. The molecule has 0 aromatic heterocycles. The molecule has 0 fully saturated rings. The van der Waals surface area contributed by atoms with Gasteiger partial charge < -0.3 is 0 Å². The third-order valence-electron chi connectivity index (χ3n) is 2.88. The molecule has 16 heavy (non-hydrogen) atoms. The Morgan fingerprint density at radius 3 is 1.81 bits per heavy atom. The zero-order chi connectivity index (χ0) is 11.9. The van der Waals surface area contributed by atoms with Crippen molar-refractivity contribution in [2.45, 2.75) is 81.8 Å². The fourth-order valence-electron chi connectivity index (χ4n) is 1.86. The second kappa shape index (κ2) is 15.3. The summed E-state index contributed by atoms with van der Waals surface area (Å²) in [5.74, 6) is 0. The molecule has 0 rings (SSSR count). The molecule has 0 aromatic carbocycles. The summed E-state index contributed by atoms with van der Waals surface area (Å²) in [6, 6.07) is 0. The second-order valence-electron chi connectivity index (χ2n) is 4.55. The summed E-state index contributed by atoms with van der Waals surface area (Å²) in [5, 5.41) is 2.74. The molecule has 0 heterocycles. The van der Waals surface area contributed by atoms with E-state index in [4.69, 9.17) is 0 Å². The molecular weight excluding hydrogens is 259 g/mol. The van der Waals surface area contributed by atoms with Gasteiger partial charge in [-0.1, -0.05) is 0 Å². The van der Waals surface area contributed by atoms with Gasteiger partial charge in [-0.25, -0.2) is 0 Å². The molecule has 0 bridgehead atoms. The first-order valence-electron chi connectivity index (χ1n) is 7.10. The van der Waals surface area contributed by atoms with Crippen LogP contribution in [0.1, 0.15) is 71.1 Å². The van der Waals surface area contributed by atoms with Gasteiger partial charge in [-0.3, -0.25) is 0 Å². The van der Waals surface area contributed by atoms with E-state index in [0.717, 1.165) is 15.0 Å². The standard InChI is InChI=1S/C15H30Se/c1-3-5-6-7-8-9-10-11-12-13-15-16-14-4-2/h4H,2-3,5-15H2,1H3. The van der Waals surface area contributed by atoms with Crippen molar-refractivity contribution in [1.29, 1.82) is 0 Å². The number of allylic oxidation sites excluding steroid dienone is 1. The molecule has 0 unspecified atom stereocenters. The fraction of sp³-hybridized carbons (Fsp3) is 0.867. The van der Waals surface area contributed by atoms with Gasteiger partial charge in [0, 0.05) is 0 Å². The first-order chi connectivity index (χ1) is 7.91. The van der Waals surface area contributed by atoms with E-state index in [2.05, 4.69) is 19.6 Å². The van der Waals surface area contributed by atoms with Crippen molar-refractivity contribution < 1.29 is 0 Å². The Labute approximate surface area is 109 Å². The second-order valence-corrected chi connectivity index (χ2v) is 6.96. The number of rotatable bonds is 13. The fourth-order valence-corrected chi connectivity index (χ4v) is 3.41. The Bertz CT molecular complexity index is 131. The van der Waals surface area contributed by atoms with Gasteiger partial charge in [0.05, 0.1) is 0 Å². The van der Waals surface area contributed by atoms with Gasteiger partial charge in [-0.05, 0) is 0 Å². The monoisotopic (exact) mass is 290 g/mol. The van der Waals surface area contributed by atoms with E-state index in [9.17, 15) is 0 Å². The Morgan fingerprint density at radius 1 is 0.812 bits per heavy atom. The predicted molar refractivity (Wildman–Crippen MR) is 77.4 cm³/mol. The predicted octanol–water partition coefficient (Wildman–Crippen LogP) is 5.63. The molecule has 0 aromatic rings. The molecule has 0 nitrogen and oxygen atoms in total. The van der Waals surface area contributed by atoms with Gasteiger partial charge in [-0.2, -0.15) is 0 Å². The molecule has 0 aliphatic rings. The number of hydrogen-bond acceptors (Lipinski definition) is 0. The Hall–Kier alpha value is 0.259. The van der Waals surface area contributed by atoms with Gasteiger partial charge in [0.25, 0.3) is 0 Å². The summed E-state index contributed by atoms with van der Waals surface area (Å²) in [6.45, 7) is 6.05. The molecule has 0 saturated carbocycles. The molecule has 1 heteroatoms. The molecule has 0 spiro atoms. The van der Waals surface area contributed by atoms with Crippen LogP contribution in [0.5, 0.6) is 0 Å². The topological polar surface area (TPSA) is 0 Å². The van der Waals surface area contributed by atoms with Crippen molar-refractivity contribution in [3.63, 3.8) is 0 Å². The molecule has 0 radical (unpaired) electrons. The maximum absolute atomic E-state index is 3.77. The molecule has 0 amide bonds. The average Bonchev–Trinajstić information content (AvgIpc) is 2.31.